The normalized spacial score (nSPS) is 13.4. The molecule has 0 aliphatic heterocycles. The van der Waals surface area contributed by atoms with E-state index in [1.54, 1.807) is 0 Å². The third-order valence-electron chi connectivity index (χ3n) is 8.51. The van der Waals surface area contributed by atoms with Crippen molar-refractivity contribution in [2.24, 2.45) is 0 Å². The van der Waals surface area contributed by atoms with Gasteiger partial charge < -0.3 is 4.57 Å². The average molecular weight is 544 g/mol. The molecule has 41 heavy (non-hydrogen) atoms. The molecule has 0 saturated heterocycles. The Morgan fingerprint density at radius 3 is 1.54 bits per heavy atom. The topological polar surface area (TPSA) is 4.93 Å². The highest BCUT2D eigenvalue weighted by atomic mass is 15.0. The fraction of sp³-hybridized carbons (Fsp3) is 0.400. The second-order valence-electron chi connectivity index (χ2n) is 16.1. The molecular weight excluding hydrogens is 494 g/mol. The maximum Gasteiger partial charge on any atom is 0.0547 e. The van der Waals surface area contributed by atoms with Crippen molar-refractivity contribution in [3.05, 3.63) is 101 Å². The zero-order valence-corrected chi connectivity index (χ0v) is 27.5. The number of nitrogens with zero attached hydrogens (tertiary/aromatic N) is 1. The molecule has 4 aromatic carbocycles. The van der Waals surface area contributed by atoms with Gasteiger partial charge in [-0.05, 0) is 79.3 Å². The third-order valence-corrected chi connectivity index (χ3v) is 8.51. The molecule has 0 saturated carbocycles. The van der Waals surface area contributed by atoms with Crippen LogP contribution in [0.2, 0.25) is 0 Å². The Morgan fingerprint density at radius 1 is 0.463 bits per heavy atom. The summed E-state index contributed by atoms with van der Waals surface area (Å²) in [6.07, 6.45) is 0. The Hall–Kier alpha value is -3.32. The van der Waals surface area contributed by atoms with Gasteiger partial charge in [-0.1, -0.05) is 138 Å². The molecule has 0 spiro atoms. The Balaban J connectivity index is 2.06. The second kappa shape index (κ2) is 9.62. The van der Waals surface area contributed by atoms with Gasteiger partial charge in [-0.2, -0.15) is 0 Å². The van der Waals surface area contributed by atoms with Gasteiger partial charge in [-0.25, -0.2) is 0 Å². The van der Waals surface area contributed by atoms with E-state index >= 15 is 0 Å². The van der Waals surface area contributed by atoms with Crippen molar-refractivity contribution in [1.82, 2.24) is 4.57 Å². The standard InChI is InChI=1S/C40H49N/c1-37(2,3)27-23-28(38(4,5)6)25-29(24-27)41-32-20-16-19-30(26-17-14-13-15-18-26)34(32)35-33(41)22-21-31(39(7,8)9)36(35)40(10,11)12/h13-25H,1-12H3. The molecule has 0 fully saturated rings. The van der Waals surface area contributed by atoms with E-state index in [0.29, 0.717) is 0 Å². The van der Waals surface area contributed by atoms with Crippen LogP contribution >= 0.6 is 0 Å². The number of aromatic nitrogens is 1. The summed E-state index contributed by atoms with van der Waals surface area (Å²) >= 11 is 0. The molecule has 0 radical (unpaired) electrons. The van der Waals surface area contributed by atoms with Crippen molar-refractivity contribution in [2.45, 2.75) is 105 Å². The van der Waals surface area contributed by atoms with Gasteiger partial charge in [0, 0.05) is 16.5 Å². The van der Waals surface area contributed by atoms with Crippen LogP contribution in [-0.4, -0.2) is 4.57 Å². The average Bonchev–Trinajstić information content (AvgIpc) is 3.20. The lowest BCUT2D eigenvalue weighted by atomic mass is 9.73. The molecule has 0 amide bonds. The lowest BCUT2D eigenvalue weighted by molar-refractivity contribution is 0.535. The van der Waals surface area contributed by atoms with Crippen LogP contribution in [-0.2, 0) is 21.7 Å². The lowest BCUT2D eigenvalue weighted by Crippen LogP contribution is -2.22. The maximum absolute atomic E-state index is 2.54. The molecule has 1 heterocycles. The molecular formula is C40H49N. The zero-order chi connectivity index (χ0) is 30.1. The number of rotatable bonds is 2. The lowest BCUT2D eigenvalue weighted by Gasteiger charge is -2.31. The molecule has 1 heteroatoms. The smallest absolute Gasteiger partial charge is 0.0547 e. The summed E-state index contributed by atoms with van der Waals surface area (Å²) in [4.78, 5) is 0. The van der Waals surface area contributed by atoms with Crippen molar-refractivity contribution in [2.75, 3.05) is 0 Å². The Morgan fingerprint density at radius 2 is 1.02 bits per heavy atom. The summed E-state index contributed by atoms with van der Waals surface area (Å²) in [5.74, 6) is 0. The first-order valence-corrected chi connectivity index (χ1v) is 15.2. The predicted molar refractivity (Wildman–Crippen MR) is 181 cm³/mol. The molecule has 0 N–H and O–H groups in total. The van der Waals surface area contributed by atoms with Crippen molar-refractivity contribution in [1.29, 1.82) is 0 Å². The van der Waals surface area contributed by atoms with E-state index in [-0.39, 0.29) is 21.7 Å². The Bertz CT molecular complexity index is 1700. The van der Waals surface area contributed by atoms with E-state index in [4.69, 9.17) is 0 Å². The summed E-state index contributed by atoms with van der Waals surface area (Å²) in [6, 6.07) is 29.9. The molecule has 0 aliphatic rings. The van der Waals surface area contributed by atoms with Crippen LogP contribution in [0.1, 0.15) is 105 Å². The molecule has 1 nitrogen and oxygen atoms in total. The number of fused-ring (bicyclic) bond motifs is 3. The van der Waals surface area contributed by atoms with Crippen LogP contribution in [0, 0.1) is 0 Å². The SMILES string of the molecule is CC(C)(C)c1cc(-n2c3cccc(-c4ccccc4)c3c3c(C(C)(C)C)c(C(C)(C)C)ccc32)cc(C(C)(C)C)c1. The Labute approximate surface area is 248 Å². The fourth-order valence-electron chi connectivity index (χ4n) is 6.30. The molecule has 0 aliphatic carbocycles. The summed E-state index contributed by atoms with van der Waals surface area (Å²) in [7, 11) is 0. The van der Waals surface area contributed by atoms with E-state index in [9.17, 15) is 0 Å². The highest BCUT2D eigenvalue weighted by molar-refractivity contribution is 6.17. The van der Waals surface area contributed by atoms with Gasteiger partial charge in [-0.3, -0.25) is 0 Å². The van der Waals surface area contributed by atoms with Crippen LogP contribution < -0.4 is 0 Å². The van der Waals surface area contributed by atoms with Crippen LogP contribution in [0.4, 0.5) is 0 Å². The first-order valence-electron chi connectivity index (χ1n) is 15.2. The van der Waals surface area contributed by atoms with E-state index in [2.05, 4.69) is 167 Å². The van der Waals surface area contributed by atoms with Crippen LogP contribution in [0.15, 0.2) is 78.9 Å². The number of hydrogen-bond donors (Lipinski definition) is 0. The van der Waals surface area contributed by atoms with Gasteiger partial charge in [0.25, 0.3) is 0 Å². The van der Waals surface area contributed by atoms with Gasteiger partial charge >= 0.3 is 0 Å². The van der Waals surface area contributed by atoms with Crippen molar-refractivity contribution in [3.8, 4) is 16.8 Å². The minimum absolute atomic E-state index is 0.0263. The number of hydrogen-bond acceptors (Lipinski definition) is 0. The first-order chi connectivity index (χ1) is 18.9. The third kappa shape index (κ3) is 5.25. The molecule has 214 valence electrons. The summed E-state index contributed by atoms with van der Waals surface area (Å²) < 4.78 is 2.54. The summed E-state index contributed by atoms with van der Waals surface area (Å²) in [5, 5.41) is 2.74. The highest BCUT2D eigenvalue weighted by Gasteiger charge is 2.31. The first kappa shape index (κ1) is 29.2. The minimum atomic E-state index is -0.0329. The Kier molecular flexibility index (Phi) is 6.85. The minimum Gasteiger partial charge on any atom is -0.309 e. The van der Waals surface area contributed by atoms with Gasteiger partial charge in [0.2, 0.25) is 0 Å². The van der Waals surface area contributed by atoms with Crippen molar-refractivity contribution < 1.29 is 0 Å². The van der Waals surface area contributed by atoms with E-state index in [1.807, 2.05) is 0 Å². The second-order valence-corrected chi connectivity index (χ2v) is 16.1. The van der Waals surface area contributed by atoms with Crippen molar-refractivity contribution in [3.63, 3.8) is 0 Å². The van der Waals surface area contributed by atoms with Crippen molar-refractivity contribution >= 4 is 21.8 Å². The summed E-state index contributed by atoms with van der Waals surface area (Å²) in [6.45, 7) is 28.1. The number of benzene rings is 4. The maximum atomic E-state index is 2.54. The zero-order valence-electron chi connectivity index (χ0n) is 27.5. The van der Waals surface area contributed by atoms with Gasteiger partial charge in [0.05, 0.1) is 11.0 Å². The quantitative estimate of drug-likeness (QED) is 0.209. The molecule has 1 aromatic heterocycles. The van der Waals surface area contributed by atoms with Gasteiger partial charge in [-0.15, -0.1) is 0 Å². The van der Waals surface area contributed by atoms with Crippen LogP contribution in [0.25, 0.3) is 38.6 Å². The van der Waals surface area contributed by atoms with E-state index in [1.165, 1.54) is 60.9 Å². The molecule has 5 rings (SSSR count). The molecule has 0 unspecified atom stereocenters. The van der Waals surface area contributed by atoms with Crippen LogP contribution in [0.3, 0.4) is 0 Å². The summed E-state index contributed by atoms with van der Waals surface area (Å²) in [5.41, 5.74) is 12.1. The van der Waals surface area contributed by atoms with E-state index < -0.39 is 0 Å². The molecule has 5 aromatic rings. The fourth-order valence-corrected chi connectivity index (χ4v) is 6.30. The van der Waals surface area contributed by atoms with Gasteiger partial charge in [0.15, 0.2) is 0 Å². The monoisotopic (exact) mass is 543 g/mol. The van der Waals surface area contributed by atoms with Crippen LogP contribution in [0.5, 0.6) is 0 Å². The van der Waals surface area contributed by atoms with Gasteiger partial charge in [0.1, 0.15) is 0 Å². The molecule has 0 bridgehead atoms. The van der Waals surface area contributed by atoms with E-state index in [0.717, 1.165) is 0 Å². The highest BCUT2D eigenvalue weighted by Crippen LogP contribution is 2.47. The largest absolute Gasteiger partial charge is 0.309 e. The predicted octanol–water partition coefficient (Wildman–Crippen LogP) is 11.6. The molecule has 0 atom stereocenters.